The summed E-state index contributed by atoms with van der Waals surface area (Å²) in [5.41, 5.74) is 2.22. The third kappa shape index (κ3) is 10.9. The SMILES string of the molecule is [2H]c1cc2c(oc3c(-c4cc(F)c(C(C)(C)C([2H])([2H])c5cc(C([2H])([2H])C(C)(C)c6ccc(-c7[c-]ccc(C(C)C)c7)nc6)cc(C([2H])([2H])C(C)(C)c6ccc(-c7[c-]ccc(C(C)C)c7)nc6)c5)cn4)[c-]ccc32)c([2H])c1C#N.[Ir+3]. The molecule has 0 aliphatic heterocycles. The van der Waals surface area contributed by atoms with Crippen molar-refractivity contribution in [1.29, 1.82) is 5.26 Å². The number of aromatic nitrogens is 3. The monoisotopic (exact) mass is 1120 g/mol. The first kappa shape index (κ1) is 41.1. The van der Waals surface area contributed by atoms with Gasteiger partial charge >= 0.3 is 20.1 Å². The van der Waals surface area contributed by atoms with Crippen LogP contribution < -0.4 is 0 Å². The van der Waals surface area contributed by atoms with Gasteiger partial charge in [0.15, 0.2) is 0 Å². The quantitative estimate of drug-likeness (QED) is 0.101. The van der Waals surface area contributed by atoms with Gasteiger partial charge in [-0.05, 0) is 110 Å². The summed E-state index contributed by atoms with van der Waals surface area (Å²) >= 11 is 0. The minimum Gasteiger partial charge on any atom is -0.501 e. The number of pyridine rings is 3. The van der Waals surface area contributed by atoms with Gasteiger partial charge in [0.25, 0.3) is 0 Å². The first-order chi connectivity index (χ1) is 36.5. The summed E-state index contributed by atoms with van der Waals surface area (Å²) in [4.78, 5) is 14.2. The van der Waals surface area contributed by atoms with Gasteiger partial charge in [0.1, 0.15) is 11.4 Å². The molecule has 9 aromatic rings. The van der Waals surface area contributed by atoms with Gasteiger partial charge in [-0.25, -0.2) is 4.39 Å². The van der Waals surface area contributed by atoms with Gasteiger partial charge in [0.05, 0.1) is 20.0 Å². The fourth-order valence-corrected chi connectivity index (χ4v) is 8.86. The van der Waals surface area contributed by atoms with E-state index < -0.39 is 41.2 Å². The van der Waals surface area contributed by atoms with Crippen LogP contribution >= 0.6 is 0 Å². The predicted molar refractivity (Wildman–Crippen MR) is 282 cm³/mol. The van der Waals surface area contributed by atoms with Gasteiger partial charge in [0.2, 0.25) is 0 Å². The van der Waals surface area contributed by atoms with E-state index in [0.717, 1.165) is 28.3 Å². The molecule has 0 spiro atoms. The molecule has 4 heterocycles. The van der Waals surface area contributed by atoms with Crippen LogP contribution in [-0.4, -0.2) is 15.0 Å². The van der Waals surface area contributed by atoms with E-state index in [2.05, 4.69) is 50.9 Å². The zero-order valence-corrected chi connectivity index (χ0v) is 44.0. The average molecular weight is 1120 g/mol. The summed E-state index contributed by atoms with van der Waals surface area (Å²) < 4.78 is 100. The van der Waals surface area contributed by atoms with Gasteiger partial charge in [0, 0.05) is 37.8 Å². The molecule has 0 bridgehead atoms. The normalized spacial score (nSPS) is 14.4. The first-order valence-electron chi connectivity index (χ1n) is 27.6. The Balaban J connectivity index is 0.00000822. The summed E-state index contributed by atoms with van der Waals surface area (Å²) in [6.07, 6.45) is -2.57. The second kappa shape index (κ2) is 20.3. The van der Waals surface area contributed by atoms with E-state index >= 15 is 4.39 Å². The molecule has 358 valence electrons. The number of nitrogens with zero attached hydrogens (tertiary/aromatic N) is 4. The van der Waals surface area contributed by atoms with Crippen LogP contribution in [0.25, 0.3) is 55.7 Å². The number of hydrogen-bond acceptors (Lipinski definition) is 5. The maximum absolute atomic E-state index is 17.0. The molecule has 9 rings (SSSR count). The van der Waals surface area contributed by atoms with Crippen molar-refractivity contribution in [3.63, 3.8) is 0 Å². The molecular weight excluding hydrogens is 1050 g/mol. The van der Waals surface area contributed by atoms with Gasteiger partial charge in [-0.15, -0.1) is 89.0 Å². The molecule has 5 nitrogen and oxygen atoms in total. The summed E-state index contributed by atoms with van der Waals surface area (Å²) in [5.74, 6) is -0.231. The van der Waals surface area contributed by atoms with Gasteiger partial charge in [-0.2, -0.15) is 5.26 Å². The van der Waals surface area contributed by atoms with Gasteiger partial charge < -0.3 is 19.4 Å². The van der Waals surface area contributed by atoms with Crippen molar-refractivity contribution in [2.75, 3.05) is 0 Å². The molecule has 0 radical (unpaired) electrons. The Bertz CT molecular complexity index is 3690. The summed E-state index contributed by atoms with van der Waals surface area (Å²) in [5, 5.41) is 10.6. The van der Waals surface area contributed by atoms with E-state index in [1.165, 1.54) is 44.3 Å². The van der Waals surface area contributed by atoms with E-state index in [1.54, 1.807) is 52.2 Å². The fourth-order valence-electron chi connectivity index (χ4n) is 8.86. The van der Waals surface area contributed by atoms with Crippen molar-refractivity contribution in [3.05, 3.63) is 208 Å². The van der Waals surface area contributed by atoms with E-state index in [-0.39, 0.29) is 94.3 Å². The minimum atomic E-state index is -2.52. The second-order valence-corrected chi connectivity index (χ2v) is 20.2. The molecule has 5 aromatic carbocycles. The Morgan fingerprint density at radius 3 is 1.62 bits per heavy atom. The third-order valence-electron chi connectivity index (χ3n) is 13.0. The van der Waals surface area contributed by atoms with Crippen molar-refractivity contribution >= 4 is 21.9 Å². The second-order valence-electron chi connectivity index (χ2n) is 20.2. The average Bonchev–Trinajstić information content (AvgIpc) is 3.82. The summed E-state index contributed by atoms with van der Waals surface area (Å²) in [7, 11) is 0. The van der Waals surface area contributed by atoms with Crippen molar-refractivity contribution in [3.8, 4) is 39.8 Å². The number of nitriles is 1. The smallest absolute Gasteiger partial charge is 0.501 e. The zero-order valence-electron chi connectivity index (χ0n) is 49.6. The number of rotatable bonds is 14. The molecule has 7 heteroatoms. The van der Waals surface area contributed by atoms with E-state index in [0.29, 0.717) is 33.3 Å². The Morgan fingerprint density at radius 2 is 1.14 bits per heavy atom. The molecule has 4 aromatic heterocycles. The molecule has 0 N–H and O–H groups in total. The Labute approximate surface area is 444 Å². The van der Waals surface area contributed by atoms with Crippen LogP contribution in [0.4, 0.5) is 4.39 Å². The van der Waals surface area contributed by atoms with E-state index in [4.69, 9.17) is 17.1 Å². The Kier molecular flexibility index (Phi) is 11.7. The topological polar surface area (TPSA) is 75.6 Å². The van der Waals surface area contributed by atoms with E-state index in [9.17, 15) is 13.5 Å². The van der Waals surface area contributed by atoms with E-state index in [1.807, 2.05) is 66.7 Å². The van der Waals surface area contributed by atoms with Crippen LogP contribution in [0.1, 0.15) is 142 Å². The largest absolute Gasteiger partial charge is 3.00 e. The van der Waals surface area contributed by atoms with Gasteiger partial charge in [-0.1, -0.05) is 129 Å². The molecule has 0 fully saturated rings. The first-order valence-corrected chi connectivity index (χ1v) is 23.6. The molecule has 71 heavy (non-hydrogen) atoms. The minimum absolute atomic E-state index is 0. The maximum atomic E-state index is 17.0. The fraction of sp³-hybridized carbons (Fsp3) is 0.281. The van der Waals surface area contributed by atoms with Crippen LogP contribution in [0.15, 0.2) is 138 Å². The molecular formula is C64H60FIrN4O. The van der Waals surface area contributed by atoms with Crippen LogP contribution in [0.2, 0.25) is 0 Å². The van der Waals surface area contributed by atoms with Crippen molar-refractivity contribution < 1.29 is 39.9 Å². The third-order valence-corrected chi connectivity index (χ3v) is 13.0. The van der Waals surface area contributed by atoms with Crippen LogP contribution in [0.5, 0.6) is 0 Å². The molecule has 0 aliphatic rings. The predicted octanol–water partition coefficient (Wildman–Crippen LogP) is 16.0. The van der Waals surface area contributed by atoms with Crippen molar-refractivity contribution in [1.82, 2.24) is 15.0 Å². The molecule has 0 aliphatic carbocycles. The zero-order chi connectivity index (χ0) is 56.7. The standard InChI is InChI=1S/C64H60FN4O.Ir/c1-40(2)46-14-11-16-48(30-46)57-24-21-50(37-67-57)62(5,6)33-43-26-44(34-63(7,8)51-22-25-58(68-38-51)49-17-12-15-47(31-49)41(3)4)28-45(27-43)35-64(9,10)55-39-69-59(32-56(55)65)54-19-13-18-53-52-23-20-42(36-66)29-60(52)70-61(53)54;/h11-15,18,20-32,37-41H,33-35H2,1-10H3;/q-3;+3/i20D,29D,33D2,34D2,35D2;. The Hall–Kier alpha value is -6.58. The number of halogens is 1. The van der Waals surface area contributed by atoms with Crippen LogP contribution in [-0.2, 0) is 55.5 Å². The molecule has 0 saturated heterocycles. The van der Waals surface area contributed by atoms with Crippen LogP contribution in [0, 0.1) is 35.3 Å². The molecule has 0 amide bonds. The van der Waals surface area contributed by atoms with Gasteiger partial charge in [-0.3, -0.25) is 0 Å². The summed E-state index contributed by atoms with van der Waals surface area (Å²) in [6.45, 7) is 18.5. The van der Waals surface area contributed by atoms with Crippen LogP contribution in [0.3, 0.4) is 0 Å². The molecule has 0 atom stereocenters. The molecule has 0 saturated carbocycles. The van der Waals surface area contributed by atoms with Crippen molar-refractivity contribution in [2.24, 2.45) is 0 Å². The van der Waals surface area contributed by atoms with Crippen molar-refractivity contribution in [2.45, 2.75) is 116 Å². The summed E-state index contributed by atoms with van der Waals surface area (Å²) in [6, 6.07) is 40.5. The number of hydrogen-bond donors (Lipinski definition) is 0. The number of furan rings is 1. The Morgan fingerprint density at radius 1 is 0.634 bits per heavy atom. The number of benzene rings is 5. The maximum Gasteiger partial charge on any atom is 3.00 e. The molecule has 0 unspecified atom stereocenters. The number of fused-ring (bicyclic) bond motifs is 3.